The fourth-order valence-electron chi connectivity index (χ4n) is 6.17. The lowest BCUT2D eigenvalue weighted by molar-refractivity contribution is -0.152. The monoisotopic (exact) mass is 342 g/mol. The van der Waals surface area contributed by atoms with E-state index < -0.39 is 0 Å². The summed E-state index contributed by atoms with van der Waals surface area (Å²) >= 11 is 0. The van der Waals surface area contributed by atoms with Gasteiger partial charge in [-0.05, 0) is 43.9 Å². The molecule has 0 amide bonds. The first-order valence-corrected chi connectivity index (χ1v) is 9.79. The third kappa shape index (κ3) is 2.32. The minimum atomic E-state index is -0.0874. The van der Waals surface area contributed by atoms with E-state index in [1.165, 1.54) is 12.8 Å². The number of carbonyl (C=O) groups excluding carboxylic acids is 2. The molecule has 4 nitrogen and oxygen atoms in total. The molecule has 4 heteroatoms. The predicted molar refractivity (Wildman–Crippen MR) is 91.4 cm³/mol. The van der Waals surface area contributed by atoms with Gasteiger partial charge in [0.2, 0.25) is 0 Å². The standard InChI is InChI=1S/C11H14O2.C10H12O2/c1-7-5-11(13-10(7)12)6-8-2-3-9(11)4-8;11-9-3-4-10(12-9)6-7-1-2-8(10)5-7/h2-3,7-9H,4-6H2,1H3;1-2,7-8H,3-6H2. The Morgan fingerprint density at radius 2 is 1.52 bits per heavy atom. The summed E-state index contributed by atoms with van der Waals surface area (Å²) in [6, 6.07) is 0. The summed E-state index contributed by atoms with van der Waals surface area (Å²) in [6.45, 7) is 1.98. The SMILES string of the molecule is CC1CC2(CC3C=CC2C3)OC1=O.O=C1CCC2(CC3C=CC2C3)O1. The van der Waals surface area contributed by atoms with E-state index in [2.05, 4.69) is 24.3 Å². The zero-order valence-corrected chi connectivity index (χ0v) is 14.8. The number of hydrogen-bond acceptors (Lipinski definition) is 4. The maximum absolute atomic E-state index is 11.4. The van der Waals surface area contributed by atoms with Crippen LogP contribution in [0.15, 0.2) is 24.3 Å². The maximum Gasteiger partial charge on any atom is 0.309 e. The molecule has 0 N–H and O–H groups in total. The second kappa shape index (κ2) is 5.21. The zero-order chi connectivity index (χ0) is 17.2. The van der Waals surface area contributed by atoms with Gasteiger partial charge in [0.05, 0.1) is 5.92 Å². The molecule has 2 saturated carbocycles. The van der Waals surface area contributed by atoms with Gasteiger partial charge in [-0.15, -0.1) is 0 Å². The summed E-state index contributed by atoms with van der Waals surface area (Å²) < 4.78 is 11.0. The van der Waals surface area contributed by atoms with Crippen molar-refractivity contribution in [1.29, 1.82) is 0 Å². The minimum absolute atomic E-state index is 0.0101. The van der Waals surface area contributed by atoms with Crippen molar-refractivity contribution in [2.45, 2.75) is 63.1 Å². The van der Waals surface area contributed by atoms with Gasteiger partial charge < -0.3 is 9.47 Å². The van der Waals surface area contributed by atoms with Crippen LogP contribution < -0.4 is 0 Å². The number of ether oxygens (including phenoxy) is 2. The Morgan fingerprint density at radius 1 is 0.880 bits per heavy atom. The van der Waals surface area contributed by atoms with Gasteiger partial charge in [0.25, 0.3) is 0 Å². The smallest absolute Gasteiger partial charge is 0.309 e. The minimum Gasteiger partial charge on any atom is -0.458 e. The Bertz CT molecular complexity index is 679. The van der Waals surface area contributed by atoms with Crippen LogP contribution in [0, 0.1) is 29.6 Å². The van der Waals surface area contributed by atoms with Crippen molar-refractivity contribution in [1.82, 2.24) is 0 Å². The molecular weight excluding hydrogens is 316 g/mol. The third-order valence-electron chi connectivity index (χ3n) is 7.34. The lowest BCUT2D eigenvalue weighted by Gasteiger charge is -2.29. The van der Waals surface area contributed by atoms with E-state index >= 15 is 0 Å². The van der Waals surface area contributed by atoms with E-state index in [0.29, 0.717) is 30.1 Å². The first-order chi connectivity index (χ1) is 12.0. The zero-order valence-electron chi connectivity index (χ0n) is 14.8. The Morgan fingerprint density at radius 3 is 1.92 bits per heavy atom. The highest BCUT2D eigenvalue weighted by Gasteiger charge is 2.56. The number of esters is 2. The first-order valence-electron chi connectivity index (χ1n) is 9.79. The molecule has 0 radical (unpaired) electrons. The van der Waals surface area contributed by atoms with Crippen molar-refractivity contribution < 1.29 is 19.1 Å². The normalized spacial score (nSPS) is 50.7. The molecule has 6 rings (SSSR count). The molecule has 0 aromatic carbocycles. The third-order valence-corrected chi connectivity index (χ3v) is 7.34. The summed E-state index contributed by atoms with van der Waals surface area (Å²) in [5.74, 6) is 2.58. The van der Waals surface area contributed by atoms with Gasteiger partial charge >= 0.3 is 11.9 Å². The molecule has 4 bridgehead atoms. The Hall–Kier alpha value is -1.58. The predicted octanol–water partition coefficient (Wildman–Crippen LogP) is 3.56. The van der Waals surface area contributed by atoms with E-state index in [0.717, 1.165) is 25.7 Å². The van der Waals surface area contributed by atoms with Gasteiger partial charge in [0, 0.05) is 24.7 Å². The van der Waals surface area contributed by atoms with E-state index in [1.54, 1.807) is 0 Å². The van der Waals surface area contributed by atoms with Crippen LogP contribution in [-0.4, -0.2) is 23.1 Å². The largest absolute Gasteiger partial charge is 0.458 e. The highest BCUT2D eigenvalue weighted by Crippen LogP contribution is 2.54. The van der Waals surface area contributed by atoms with Crippen molar-refractivity contribution in [2.24, 2.45) is 29.6 Å². The fourth-order valence-corrected chi connectivity index (χ4v) is 6.17. The average molecular weight is 342 g/mol. The molecule has 134 valence electrons. The summed E-state index contributed by atoms with van der Waals surface area (Å²) in [6.07, 6.45) is 16.2. The van der Waals surface area contributed by atoms with E-state index in [1.807, 2.05) is 6.92 Å². The van der Waals surface area contributed by atoms with Gasteiger partial charge in [0.15, 0.2) is 0 Å². The van der Waals surface area contributed by atoms with Crippen LogP contribution in [0.5, 0.6) is 0 Å². The molecule has 4 aliphatic carbocycles. The summed E-state index contributed by atoms with van der Waals surface area (Å²) in [5.41, 5.74) is -0.146. The topological polar surface area (TPSA) is 52.6 Å². The second-order valence-electron chi connectivity index (χ2n) is 9.01. The molecule has 0 aromatic rings. The van der Waals surface area contributed by atoms with Gasteiger partial charge in [-0.2, -0.15) is 0 Å². The molecular formula is C21H26O4. The van der Waals surface area contributed by atoms with Crippen LogP contribution in [0.3, 0.4) is 0 Å². The molecule has 7 unspecified atom stereocenters. The molecule has 0 aromatic heterocycles. The highest BCUT2D eigenvalue weighted by atomic mass is 16.6. The number of allylic oxidation sites excluding steroid dienone is 2. The van der Waals surface area contributed by atoms with Crippen molar-refractivity contribution in [3.8, 4) is 0 Å². The van der Waals surface area contributed by atoms with Crippen molar-refractivity contribution in [3.63, 3.8) is 0 Å². The van der Waals surface area contributed by atoms with Crippen molar-refractivity contribution in [2.75, 3.05) is 0 Å². The van der Waals surface area contributed by atoms with Gasteiger partial charge in [-0.25, -0.2) is 0 Å². The molecule has 2 heterocycles. The van der Waals surface area contributed by atoms with E-state index in [-0.39, 0.29) is 29.1 Å². The van der Waals surface area contributed by atoms with Crippen LogP contribution in [0.4, 0.5) is 0 Å². The quantitative estimate of drug-likeness (QED) is 0.499. The lowest BCUT2D eigenvalue weighted by atomic mass is 9.83. The molecule has 25 heavy (non-hydrogen) atoms. The number of rotatable bonds is 0. The number of hydrogen-bond donors (Lipinski definition) is 0. The lowest BCUT2D eigenvalue weighted by Crippen LogP contribution is -2.33. The Labute approximate surface area is 148 Å². The van der Waals surface area contributed by atoms with Crippen LogP contribution in [0.2, 0.25) is 0 Å². The van der Waals surface area contributed by atoms with Crippen molar-refractivity contribution in [3.05, 3.63) is 24.3 Å². The van der Waals surface area contributed by atoms with Gasteiger partial charge in [0.1, 0.15) is 11.2 Å². The van der Waals surface area contributed by atoms with Crippen molar-refractivity contribution >= 4 is 11.9 Å². The summed E-state index contributed by atoms with van der Waals surface area (Å²) in [5, 5.41) is 0. The second-order valence-corrected chi connectivity index (χ2v) is 9.01. The summed E-state index contributed by atoms with van der Waals surface area (Å²) in [4.78, 5) is 22.4. The molecule has 6 aliphatic rings. The van der Waals surface area contributed by atoms with Crippen LogP contribution >= 0.6 is 0 Å². The van der Waals surface area contributed by atoms with E-state index in [4.69, 9.17) is 9.47 Å². The molecule has 7 atom stereocenters. The highest BCUT2D eigenvalue weighted by molar-refractivity contribution is 5.75. The first kappa shape index (κ1) is 15.7. The number of fused-ring (bicyclic) bond motifs is 6. The van der Waals surface area contributed by atoms with Crippen LogP contribution in [0.25, 0.3) is 0 Å². The van der Waals surface area contributed by atoms with Crippen LogP contribution in [-0.2, 0) is 19.1 Å². The van der Waals surface area contributed by atoms with Gasteiger partial charge in [-0.1, -0.05) is 31.2 Å². The van der Waals surface area contributed by atoms with Crippen LogP contribution in [0.1, 0.15) is 51.9 Å². The molecule has 4 fully saturated rings. The maximum atomic E-state index is 11.4. The Kier molecular flexibility index (Phi) is 3.27. The molecule has 2 spiro atoms. The Balaban J connectivity index is 0.000000112. The average Bonchev–Trinajstić information content (AvgIpc) is 3.36. The number of carbonyl (C=O) groups is 2. The molecule has 2 saturated heterocycles. The fraction of sp³-hybridized carbons (Fsp3) is 0.714. The molecule has 2 aliphatic heterocycles. The van der Waals surface area contributed by atoms with E-state index in [9.17, 15) is 9.59 Å². The summed E-state index contributed by atoms with van der Waals surface area (Å²) in [7, 11) is 0. The van der Waals surface area contributed by atoms with Gasteiger partial charge in [-0.3, -0.25) is 9.59 Å².